The Morgan fingerprint density at radius 1 is 1.17 bits per heavy atom. The minimum absolute atomic E-state index is 0.00729. The zero-order chi connectivity index (χ0) is 17.6. The summed E-state index contributed by atoms with van der Waals surface area (Å²) in [6, 6.07) is 9.18. The second-order valence-corrected chi connectivity index (χ2v) is 7.66. The molecule has 2 unspecified atom stereocenters. The molecule has 1 aromatic carbocycles. The van der Waals surface area contributed by atoms with E-state index in [1.165, 1.54) is 7.11 Å². The molecule has 2 atom stereocenters. The second kappa shape index (κ2) is 8.25. The minimum Gasteiger partial charge on any atom is -0.469 e. The Balaban J connectivity index is 1.72. The SMILES string of the molecule is COC(=O)C1CCC1C(=O)NCCS(=O)(=O)NCc1ccccc1. The molecule has 0 spiro atoms. The first-order valence-electron chi connectivity index (χ1n) is 7.80. The van der Waals surface area contributed by atoms with Crippen molar-refractivity contribution >= 4 is 21.9 Å². The molecule has 0 aromatic heterocycles. The number of carbonyl (C=O) groups is 2. The van der Waals surface area contributed by atoms with Gasteiger partial charge in [0.2, 0.25) is 15.9 Å². The Morgan fingerprint density at radius 3 is 2.42 bits per heavy atom. The van der Waals surface area contributed by atoms with Gasteiger partial charge in [-0.3, -0.25) is 9.59 Å². The van der Waals surface area contributed by atoms with Crippen molar-refractivity contribution < 1.29 is 22.7 Å². The highest BCUT2D eigenvalue weighted by Gasteiger charge is 2.41. The number of sulfonamides is 1. The molecular formula is C16H22N2O5S. The highest BCUT2D eigenvalue weighted by molar-refractivity contribution is 7.89. The van der Waals surface area contributed by atoms with Crippen LogP contribution in [0.25, 0.3) is 0 Å². The van der Waals surface area contributed by atoms with Gasteiger partial charge in [0.05, 0.1) is 24.7 Å². The number of esters is 1. The molecule has 0 radical (unpaired) electrons. The van der Waals surface area contributed by atoms with E-state index in [1.807, 2.05) is 30.3 Å². The molecule has 7 nitrogen and oxygen atoms in total. The first-order chi connectivity index (χ1) is 11.4. The fourth-order valence-electron chi connectivity index (χ4n) is 2.55. The molecule has 1 aliphatic carbocycles. The van der Waals surface area contributed by atoms with Crippen LogP contribution < -0.4 is 10.0 Å². The summed E-state index contributed by atoms with van der Waals surface area (Å²) in [5, 5.41) is 2.58. The average Bonchev–Trinajstić information content (AvgIpc) is 2.52. The maximum absolute atomic E-state index is 12.0. The van der Waals surface area contributed by atoms with Crippen LogP contribution in [-0.4, -0.2) is 39.7 Å². The van der Waals surface area contributed by atoms with Crippen molar-refractivity contribution in [1.82, 2.24) is 10.0 Å². The van der Waals surface area contributed by atoms with Gasteiger partial charge in [0.1, 0.15) is 0 Å². The third kappa shape index (κ3) is 5.04. The molecule has 1 aromatic rings. The van der Waals surface area contributed by atoms with Gasteiger partial charge >= 0.3 is 5.97 Å². The lowest BCUT2D eigenvalue weighted by Crippen LogP contribution is -2.45. The van der Waals surface area contributed by atoms with Crippen LogP contribution in [0.3, 0.4) is 0 Å². The number of methoxy groups -OCH3 is 1. The van der Waals surface area contributed by atoms with Crippen LogP contribution in [0.5, 0.6) is 0 Å². The van der Waals surface area contributed by atoms with E-state index in [9.17, 15) is 18.0 Å². The summed E-state index contributed by atoms with van der Waals surface area (Å²) in [6.45, 7) is 0.220. The number of hydrogen-bond acceptors (Lipinski definition) is 5. The van der Waals surface area contributed by atoms with Crippen LogP contribution in [0.15, 0.2) is 30.3 Å². The third-order valence-electron chi connectivity index (χ3n) is 4.12. The zero-order valence-corrected chi connectivity index (χ0v) is 14.3. The summed E-state index contributed by atoms with van der Waals surface area (Å²) >= 11 is 0. The van der Waals surface area contributed by atoms with Crippen molar-refractivity contribution in [1.29, 1.82) is 0 Å². The molecule has 0 saturated heterocycles. The van der Waals surface area contributed by atoms with Gasteiger partial charge in [-0.25, -0.2) is 13.1 Å². The number of carbonyl (C=O) groups excluding carboxylic acids is 2. The van der Waals surface area contributed by atoms with Gasteiger partial charge in [-0.05, 0) is 18.4 Å². The summed E-state index contributed by atoms with van der Waals surface area (Å²) in [7, 11) is -2.19. The molecule has 1 amide bonds. The molecule has 132 valence electrons. The minimum atomic E-state index is -3.48. The summed E-state index contributed by atoms with van der Waals surface area (Å²) < 4.78 is 31.0. The van der Waals surface area contributed by atoms with E-state index >= 15 is 0 Å². The van der Waals surface area contributed by atoms with Crippen LogP contribution >= 0.6 is 0 Å². The molecule has 0 heterocycles. The molecular weight excluding hydrogens is 332 g/mol. The van der Waals surface area contributed by atoms with Crippen LogP contribution in [0.1, 0.15) is 18.4 Å². The predicted octanol–water partition coefficient (Wildman–Crippen LogP) is 0.421. The zero-order valence-electron chi connectivity index (χ0n) is 13.5. The molecule has 1 saturated carbocycles. The quantitative estimate of drug-likeness (QED) is 0.659. The maximum atomic E-state index is 12.0. The van der Waals surface area contributed by atoms with Gasteiger partial charge in [-0.15, -0.1) is 0 Å². The second-order valence-electron chi connectivity index (χ2n) is 5.73. The van der Waals surface area contributed by atoms with E-state index in [0.717, 1.165) is 5.56 Å². The van der Waals surface area contributed by atoms with Crippen LogP contribution in [0, 0.1) is 11.8 Å². The number of nitrogens with one attached hydrogen (secondary N) is 2. The maximum Gasteiger partial charge on any atom is 0.309 e. The molecule has 8 heteroatoms. The van der Waals surface area contributed by atoms with Crippen molar-refractivity contribution in [2.75, 3.05) is 19.4 Å². The van der Waals surface area contributed by atoms with Crippen molar-refractivity contribution in [3.8, 4) is 0 Å². The van der Waals surface area contributed by atoms with Crippen molar-refractivity contribution in [2.24, 2.45) is 11.8 Å². The fraction of sp³-hybridized carbons (Fsp3) is 0.500. The summed E-state index contributed by atoms with van der Waals surface area (Å²) in [4.78, 5) is 23.4. The third-order valence-corrected chi connectivity index (χ3v) is 5.45. The van der Waals surface area contributed by atoms with Gasteiger partial charge in [-0.1, -0.05) is 30.3 Å². The van der Waals surface area contributed by atoms with E-state index in [-0.39, 0.29) is 24.7 Å². The van der Waals surface area contributed by atoms with Gasteiger partial charge in [0, 0.05) is 13.1 Å². The fourth-order valence-corrected chi connectivity index (χ4v) is 3.45. The lowest BCUT2D eigenvalue weighted by Gasteiger charge is -2.32. The van der Waals surface area contributed by atoms with Gasteiger partial charge in [0.15, 0.2) is 0 Å². The monoisotopic (exact) mass is 354 g/mol. The van der Waals surface area contributed by atoms with Crippen LogP contribution in [0.4, 0.5) is 0 Å². The Labute approximate surface area is 141 Å². The Hall–Kier alpha value is -1.93. The smallest absolute Gasteiger partial charge is 0.309 e. The van der Waals surface area contributed by atoms with Crippen molar-refractivity contribution in [3.63, 3.8) is 0 Å². The van der Waals surface area contributed by atoms with E-state index in [1.54, 1.807) is 0 Å². The Morgan fingerprint density at radius 2 is 1.83 bits per heavy atom. The number of hydrogen-bond donors (Lipinski definition) is 2. The van der Waals surface area contributed by atoms with E-state index in [4.69, 9.17) is 0 Å². The Bertz CT molecular complexity index is 675. The number of benzene rings is 1. The van der Waals surface area contributed by atoms with Crippen molar-refractivity contribution in [2.45, 2.75) is 19.4 Å². The topological polar surface area (TPSA) is 102 Å². The van der Waals surface area contributed by atoms with Gasteiger partial charge in [-0.2, -0.15) is 0 Å². The largest absolute Gasteiger partial charge is 0.469 e. The Kier molecular flexibility index (Phi) is 6.33. The predicted molar refractivity (Wildman–Crippen MR) is 88.3 cm³/mol. The van der Waals surface area contributed by atoms with Gasteiger partial charge < -0.3 is 10.1 Å². The number of amides is 1. The number of rotatable bonds is 8. The molecule has 0 aliphatic heterocycles. The normalized spacial score (nSPS) is 20.0. The first-order valence-corrected chi connectivity index (χ1v) is 9.45. The molecule has 24 heavy (non-hydrogen) atoms. The van der Waals surface area contributed by atoms with Gasteiger partial charge in [0.25, 0.3) is 0 Å². The van der Waals surface area contributed by atoms with Crippen LogP contribution in [-0.2, 0) is 30.9 Å². The highest BCUT2D eigenvalue weighted by Crippen LogP contribution is 2.35. The van der Waals surface area contributed by atoms with E-state index < -0.39 is 27.8 Å². The molecule has 0 bridgehead atoms. The van der Waals surface area contributed by atoms with E-state index in [0.29, 0.717) is 12.8 Å². The molecule has 1 fully saturated rings. The summed E-state index contributed by atoms with van der Waals surface area (Å²) in [6.07, 6.45) is 1.24. The lowest BCUT2D eigenvalue weighted by molar-refractivity contribution is -0.155. The average molecular weight is 354 g/mol. The van der Waals surface area contributed by atoms with E-state index in [2.05, 4.69) is 14.8 Å². The molecule has 2 rings (SSSR count). The number of ether oxygens (including phenoxy) is 1. The summed E-state index contributed by atoms with van der Waals surface area (Å²) in [5.74, 6) is -1.73. The molecule has 1 aliphatic rings. The lowest BCUT2D eigenvalue weighted by atomic mass is 9.73. The molecule has 2 N–H and O–H groups in total. The summed E-state index contributed by atoms with van der Waals surface area (Å²) in [5.41, 5.74) is 0.862. The first kappa shape index (κ1) is 18.4. The van der Waals surface area contributed by atoms with Crippen molar-refractivity contribution in [3.05, 3.63) is 35.9 Å². The standard InChI is InChI=1S/C16H22N2O5S/c1-23-16(20)14-8-7-13(14)15(19)17-9-10-24(21,22)18-11-12-5-3-2-4-6-12/h2-6,13-14,18H,7-11H2,1H3,(H,17,19). The highest BCUT2D eigenvalue weighted by atomic mass is 32.2. The van der Waals surface area contributed by atoms with Crippen LogP contribution in [0.2, 0.25) is 0 Å².